The van der Waals surface area contributed by atoms with E-state index in [1.54, 1.807) is 0 Å². The molecule has 3 aliphatic rings. The molecule has 2 heterocycles. The van der Waals surface area contributed by atoms with Crippen molar-refractivity contribution in [3.05, 3.63) is 70.0 Å². The first kappa shape index (κ1) is 28.6. The van der Waals surface area contributed by atoms with Gasteiger partial charge in [-0.15, -0.1) is 11.3 Å². The average molecular weight is 596 g/mol. The minimum atomic E-state index is -0.757. The summed E-state index contributed by atoms with van der Waals surface area (Å²) in [5.74, 6) is -0.0635. The summed E-state index contributed by atoms with van der Waals surface area (Å²) in [6, 6.07) is 10.8. The minimum Gasteiger partial charge on any atom is -0.454 e. The number of thiazole rings is 1. The number of hydrogen-bond acceptors (Lipinski definition) is 8. The number of aliphatic hydroxyl groups excluding tert-OH is 2. The molecular weight excluding hydrogens is 561 g/mol. The van der Waals surface area contributed by atoms with Crippen LogP contribution in [-0.4, -0.2) is 46.5 Å². The molecule has 0 spiro atoms. The number of aliphatic hydroxyl groups is 2. The predicted octanol–water partition coefficient (Wildman–Crippen LogP) is 4.39. The van der Waals surface area contributed by atoms with Gasteiger partial charge in [0.05, 0.1) is 18.4 Å². The van der Waals surface area contributed by atoms with Gasteiger partial charge in [0.25, 0.3) is 5.91 Å². The predicted molar refractivity (Wildman–Crippen MR) is 154 cm³/mol. The second-order valence-corrected chi connectivity index (χ2v) is 13.1. The lowest BCUT2D eigenvalue weighted by Gasteiger charge is -2.58. The Labute approximate surface area is 247 Å². The molecule has 1 aliphatic heterocycles. The zero-order valence-electron chi connectivity index (χ0n) is 23.5. The monoisotopic (exact) mass is 595 g/mol. The van der Waals surface area contributed by atoms with Gasteiger partial charge in [0.2, 0.25) is 12.7 Å². The van der Waals surface area contributed by atoms with Crippen LogP contribution < -0.4 is 20.1 Å². The minimum absolute atomic E-state index is 0.112. The topological polar surface area (TPSA) is 130 Å². The summed E-state index contributed by atoms with van der Waals surface area (Å²) >= 11 is 1.34. The van der Waals surface area contributed by atoms with Crippen LogP contribution in [0.25, 0.3) is 0 Å². The zero-order valence-corrected chi connectivity index (χ0v) is 24.3. The van der Waals surface area contributed by atoms with Gasteiger partial charge in [-0.1, -0.05) is 19.9 Å². The van der Waals surface area contributed by atoms with Crippen LogP contribution in [0.1, 0.15) is 65.5 Å². The largest absolute Gasteiger partial charge is 0.454 e. The van der Waals surface area contributed by atoms with Crippen LogP contribution in [0.5, 0.6) is 11.5 Å². The second-order valence-electron chi connectivity index (χ2n) is 12.0. The fraction of sp³-hybridized carbons (Fsp3) is 0.452. The molecule has 2 aliphatic carbocycles. The fourth-order valence-corrected chi connectivity index (χ4v) is 8.04. The maximum absolute atomic E-state index is 13.4. The molecule has 5 unspecified atom stereocenters. The molecule has 1 aromatic heterocycles. The lowest BCUT2D eigenvalue weighted by molar-refractivity contribution is -0.144. The Balaban J connectivity index is 1.27. The molecule has 222 valence electrons. The number of halogens is 1. The van der Waals surface area contributed by atoms with E-state index in [0.717, 1.165) is 16.1 Å². The molecular formula is C31H34FN3O6S. The van der Waals surface area contributed by atoms with E-state index >= 15 is 0 Å². The van der Waals surface area contributed by atoms with Crippen LogP contribution in [-0.2, 0) is 17.8 Å². The molecule has 2 amide bonds. The van der Waals surface area contributed by atoms with E-state index in [1.807, 2.05) is 25.1 Å². The van der Waals surface area contributed by atoms with Crippen LogP contribution in [0, 0.1) is 22.6 Å². The number of hydrogen-bond donors (Lipinski definition) is 4. The van der Waals surface area contributed by atoms with Crippen molar-refractivity contribution in [2.24, 2.45) is 16.7 Å². The van der Waals surface area contributed by atoms with E-state index in [1.165, 1.54) is 35.6 Å². The highest BCUT2D eigenvalue weighted by Crippen LogP contribution is 2.62. The van der Waals surface area contributed by atoms with E-state index in [0.29, 0.717) is 48.0 Å². The third-order valence-corrected chi connectivity index (χ3v) is 10.5. The number of anilines is 1. The normalized spacial score (nSPS) is 27.6. The van der Waals surface area contributed by atoms with Gasteiger partial charge in [-0.2, -0.15) is 0 Å². The fourth-order valence-electron chi connectivity index (χ4n) is 6.98. The summed E-state index contributed by atoms with van der Waals surface area (Å²) < 4.78 is 24.2. The van der Waals surface area contributed by atoms with Crippen molar-refractivity contribution in [1.82, 2.24) is 10.3 Å². The number of carbonyl (C=O) groups excluding carboxylic acids is 2. The van der Waals surface area contributed by atoms with Crippen molar-refractivity contribution >= 4 is 28.3 Å². The lowest BCUT2D eigenvalue weighted by atomic mass is 9.47. The number of ether oxygens (including phenoxy) is 2. The average Bonchev–Trinajstić information content (AvgIpc) is 3.61. The van der Waals surface area contributed by atoms with Crippen LogP contribution in [0.2, 0.25) is 0 Å². The summed E-state index contributed by atoms with van der Waals surface area (Å²) in [4.78, 5) is 32.1. The summed E-state index contributed by atoms with van der Waals surface area (Å²) in [6.07, 6.45) is 1.24. The molecule has 0 bridgehead atoms. The van der Waals surface area contributed by atoms with E-state index in [2.05, 4.69) is 17.6 Å². The second kappa shape index (κ2) is 10.9. The third kappa shape index (κ3) is 5.03. The van der Waals surface area contributed by atoms with Crippen molar-refractivity contribution < 1.29 is 33.7 Å². The third-order valence-electron chi connectivity index (χ3n) is 9.54. The summed E-state index contributed by atoms with van der Waals surface area (Å²) in [7, 11) is 0. The zero-order chi connectivity index (χ0) is 29.6. The molecule has 1 saturated carbocycles. The van der Waals surface area contributed by atoms with E-state index in [4.69, 9.17) is 14.5 Å². The summed E-state index contributed by atoms with van der Waals surface area (Å²) in [5.41, 5.74) is 0.775. The quantitative estimate of drug-likeness (QED) is 0.319. The molecule has 11 heteroatoms. The Kier molecular flexibility index (Phi) is 7.44. The van der Waals surface area contributed by atoms with Gasteiger partial charge in [-0.25, -0.2) is 9.37 Å². The molecule has 0 radical (unpaired) electrons. The number of benzene rings is 2. The molecule has 1 fully saturated rings. The van der Waals surface area contributed by atoms with Crippen LogP contribution >= 0.6 is 11.3 Å². The van der Waals surface area contributed by atoms with Crippen molar-refractivity contribution in [1.29, 1.82) is 0 Å². The lowest BCUT2D eigenvalue weighted by Crippen LogP contribution is -2.57. The molecule has 3 aromatic rings. The Morgan fingerprint density at radius 2 is 1.90 bits per heavy atom. The standard InChI is InChI=1S/C31H34FN3O6S/c1-30-10-9-25(37)31(2,15-36)24(30)13-23-27(34-29(42-23)35-28(39)18-4-6-19(32)7-5-18)20(30)12-26(38)33-14-17-3-8-21-22(11-17)41-16-40-21/h3-8,11,20,24-25,36-37H,9-10,12-16H2,1-2H3,(H,33,38)(H,34,35,39). The number of amides is 2. The highest BCUT2D eigenvalue weighted by molar-refractivity contribution is 7.15. The molecule has 4 N–H and O–H groups in total. The maximum Gasteiger partial charge on any atom is 0.257 e. The molecule has 42 heavy (non-hydrogen) atoms. The first-order chi connectivity index (χ1) is 20.1. The first-order valence-corrected chi connectivity index (χ1v) is 14.9. The van der Waals surface area contributed by atoms with Gasteiger partial charge in [0.15, 0.2) is 16.6 Å². The van der Waals surface area contributed by atoms with Gasteiger partial charge < -0.3 is 25.0 Å². The highest BCUT2D eigenvalue weighted by atomic mass is 32.1. The summed E-state index contributed by atoms with van der Waals surface area (Å²) in [6.45, 7) is 4.36. The molecule has 2 aromatic carbocycles. The Morgan fingerprint density at radius 1 is 1.14 bits per heavy atom. The van der Waals surface area contributed by atoms with Gasteiger partial charge in [-0.05, 0) is 72.6 Å². The Morgan fingerprint density at radius 3 is 2.67 bits per heavy atom. The van der Waals surface area contributed by atoms with Gasteiger partial charge in [-0.3, -0.25) is 14.9 Å². The number of carbonyl (C=O) groups is 2. The SMILES string of the molecule is CC1(CO)C(O)CCC2(C)C(CC(=O)NCc3ccc4c(c3)OCO4)c3nc(NC(=O)c4ccc(F)cc4)sc3CC12. The van der Waals surface area contributed by atoms with Crippen molar-refractivity contribution in [2.45, 2.75) is 58.1 Å². The van der Waals surface area contributed by atoms with E-state index in [-0.39, 0.29) is 37.6 Å². The van der Waals surface area contributed by atoms with Crippen molar-refractivity contribution in [2.75, 3.05) is 18.7 Å². The van der Waals surface area contributed by atoms with E-state index in [9.17, 15) is 24.2 Å². The van der Waals surface area contributed by atoms with Crippen LogP contribution in [0.4, 0.5) is 9.52 Å². The van der Waals surface area contributed by atoms with E-state index < -0.39 is 28.7 Å². The van der Waals surface area contributed by atoms with Gasteiger partial charge >= 0.3 is 0 Å². The number of aromatic nitrogens is 1. The molecule has 5 atom stereocenters. The first-order valence-electron chi connectivity index (χ1n) is 14.1. The number of nitrogens with zero attached hydrogens (tertiary/aromatic N) is 1. The maximum atomic E-state index is 13.4. The number of nitrogens with one attached hydrogen (secondary N) is 2. The Hall–Kier alpha value is -3.54. The number of rotatable bonds is 7. The van der Waals surface area contributed by atoms with Crippen LogP contribution in [0.3, 0.4) is 0 Å². The van der Waals surface area contributed by atoms with Gasteiger partial charge in [0, 0.05) is 34.7 Å². The van der Waals surface area contributed by atoms with Crippen molar-refractivity contribution in [3.63, 3.8) is 0 Å². The van der Waals surface area contributed by atoms with Gasteiger partial charge in [0.1, 0.15) is 5.82 Å². The smallest absolute Gasteiger partial charge is 0.257 e. The Bertz CT molecular complexity index is 1510. The molecule has 0 saturated heterocycles. The highest BCUT2D eigenvalue weighted by Gasteiger charge is 2.59. The van der Waals surface area contributed by atoms with Crippen LogP contribution in [0.15, 0.2) is 42.5 Å². The number of fused-ring (bicyclic) bond motifs is 3. The molecule has 9 nitrogen and oxygen atoms in total. The summed E-state index contributed by atoms with van der Waals surface area (Å²) in [5, 5.41) is 27.7. The van der Waals surface area contributed by atoms with Crippen molar-refractivity contribution in [3.8, 4) is 11.5 Å². The molecule has 6 rings (SSSR count).